The minimum atomic E-state index is -6.82. The molecule has 0 aromatic carbocycles. The molecule has 0 atom stereocenters. The number of ether oxygens (including phenoxy) is 3. The summed E-state index contributed by atoms with van der Waals surface area (Å²) in [5.41, 5.74) is 0. The molecule has 0 unspecified atom stereocenters. The first-order chi connectivity index (χ1) is 14.6. The van der Waals surface area contributed by atoms with E-state index in [9.17, 15) is 71.9 Å². The summed E-state index contributed by atoms with van der Waals surface area (Å²) in [5, 5.41) is -4.74. The smallest absolute Gasteiger partial charge is 0.429 e. The normalized spacial score (nSPS) is 13.9. The molecule has 0 aliphatic heterocycles. The van der Waals surface area contributed by atoms with Gasteiger partial charge in [0.1, 0.15) is 18.6 Å². The molecule has 0 heterocycles. The van der Waals surface area contributed by atoms with Crippen molar-refractivity contribution in [2.45, 2.75) is 15.8 Å². The second-order valence-corrected chi connectivity index (χ2v) is 8.24. The van der Waals surface area contributed by atoms with E-state index >= 15 is 0 Å². The number of hydrogen-bond acceptors (Lipinski definition) is 16. The van der Waals surface area contributed by atoms with Gasteiger partial charge in [0.2, 0.25) is 0 Å². The van der Waals surface area contributed by atoms with Gasteiger partial charge in [0.15, 0.2) is 20.2 Å². The lowest BCUT2D eigenvalue weighted by Gasteiger charge is -2.20. The fraction of sp³-hybridized carbons (Fsp3) is 0.444. The zero-order valence-electron chi connectivity index (χ0n) is 14.4. The van der Waals surface area contributed by atoms with Crippen LogP contribution in [0, 0.1) is 0 Å². The predicted octanol–water partition coefficient (Wildman–Crippen LogP) is -1.80. The first-order valence-corrected chi connectivity index (χ1v) is 10.2. The van der Waals surface area contributed by atoms with Gasteiger partial charge >= 0.3 is 33.7 Å². The molecule has 0 N–H and O–H groups in total. The van der Waals surface area contributed by atoms with Crippen LogP contribution in [0.5, 0.6) is 0 Å². The van der Waals surface area contributed by atoms with E-state index in [0.717, 1.165) is 0 Å². The Hall–Kier alpha value is -2.22. The number of rotatable bonds is 12. The summed E-state index contributed by atoms with van der Waals surface area (Å²) in [6.07, 6.45) is -0.402. The average Bonchev–Trinajstić information content (AvgIpc) is 2.63. The first-order valence-electron chi connectivity index (χ1n) is 6.61. The molecule has 0 aromatic heterocycles. The highest BCUT2D eigenvalue weighted by Gasteiger charge is 2.51. The molecule has 192 valence electrons. The average molecular weight is 561 g/mol. The third-order valence-electron chi connectivity index (χ3n) is 2.36. The van der Waals surface area contributed by atoms with Crippen molar-refractivity contribution in [2.75, 3.05) is 6.61 Å². The standard InChI is InChI=1S/C9H6F6O15S3/c10-7(11,31-30-29-19)4(16)27-3(28-6(18)9(14,15)33(23,24)25)1-2-26-5(17)8(12,13)32(20,21)22/h1,19H,2H2,(H,20,21,22)(H,23,24,25)/p-3/b3-1-. The maximum Gasteiger partial charge on any atom is 0.429 e. The largest absolute Gasteiger partial charge is 0.743 e. The second-order valence-electron chi connectivity index (χ2n) is 4.58. The van der Waals surface area contributed by atoms with Gasteiger partial charge in [-0.15, -0.1) is 0 Å². The highest BCUT2D eigenvalue weighted by atomic mass is 32.2. The van der Waals surface area contributed by atoms with Crippen LogP contribution in [0.25, 0.3) is 0 Å². The summed E-state index contributed by atoms with van der Waals surface area (Å²) >= 11 is -1.40. The van der Waals surface area contributed by atoms with E-state index in [4.69, 9.17) is 0 Å². The van der Waals surface area contributed by atoms with E-state index in [1.54, 1.807) is 0 Å². The topological polar surface area (TPSA) is 235 Å². The lowest BCUT2D eigenvalue weighted by atomic mass is 10.6. The van der Waals surface area contributed by atoms with E-state index in [1.807, 2.05) is 0 Å². The van der Waals surface area contributed by atoms with Gasteiger partial charge in [0, 0.05) is 6.08 Å². The Labute approximate surface area is 180 Å². The van der Waals surface area contributed by atoms with Gasteiger partial charge < -0.3 is 28.6 Å². The first kappa shape index (κ1) is 30.8. The number of carbonyl (C=O) groups is 3. The molecule has 0 aliphatic rings. The molecule has 0 spiro atoms. The Morgan fingerprint density at radius 3 is 1.67 bits per heavy atom. The molecule has 0 radical (unpaired) electrons. The maximum atomic E-state index is 13.3. The van der Waals surface area contributed by atoms with Crippen molar-refractivity contribution >= 4 is 50.2 Å². The minimum Gasteiger partial charge on any atom is -0.743 e. The van der Waals surface area contributed by atoms with Crippen LogP contribution in [0.4, 0.5) is 26.3 Å². The Balaban J connectivity index is 5.82. The minimum absolute atomic E-state index is 0.402. The molecular formula is C9H3F6O15S3-3. The summed E-state index contributed by atoms with van der Waals surface area (Å²) in [4.78, 5) is 33.2. The van der Waals surface area contributed by atoms with Crippen LogP contribution in [0.3, 0.4) is 0 Å². The van der Waals surface area contributed by atoms with E-state index in [2.05, 4.69) is 23.6 Å². The van der Waals surface area contributed by atoms with Crippen molar-refractivity contribution < 1.29 is 95.5 Å². The fourth-order valence-electron chi connectivity index (χ4n) is 0.970. The van der Waals surface area contributed by atoms with Gasteiger partial charge in [0.05, 0.1) is 0 Å². The lowest BCUT2D eigenvalue weighted by molar-refractivity contribution is -0.777. The highest BCUT2D eigenvalue weighted by molar-refractivity contribution is 7.96. The maximum absolute atomic E-state index is 13.3. The Morgan fingerprint density at radius 2 is 1.24 bits per heavy atom. The zero-order chi connectivity index (χ0) is 26.5. The molecule has 0 fully saturated rings. The van der Waals surface area contributed by atoms with Crippen molar-refractivity contribution in [3.63, 3.8) is 0 Å². The Morgan fingerprint density at radius 1 is 0.818 bits per heavy atom. The van der Waals surface area contributed by atoms with Crippen LogP contribution in [-0.4, -0.2) is 66.2 Å². The molecule has 24 heteroatoms. The lowest BCUT2D eigenvalue weighted by Crippen LogP contribution is -2.40. The van der Waals surface area contributed by atoms with E-state index in [-0.39, 0.29) is 0 Å². The van der Waals surface area contributed by atoms with Crippen LogP contribution < -0.4 is 5.26 Å². The third-order valence-corrected chi connectivity index (χ3v) is 4.45. The Kier molecular flexibility index (Phi) is 10.1. The van der Waals surface area contributed by atoms with Gasteiger partial charge in [0.25, 0.3) is 5.95 Å². The van der Waals surface area contributed by atoms with Gasteiger partial charge in [-0.1, -0.05) is 0 Å². The van der Waals surface area contributed by atoms with Crippen molar-refractivity contribution in [2.24, 2.45) is 0 Å². The van der Waals surface area contributed by atoms with Gasteiger partial charge in [-0.05, 0) is 0 Å². The number of esters is 3. The number of alkyl halides is 6. The highest BCUT2D eigenvalue weighted by Crippen LogP contribution is 2.32. The van der Waals surface area contributed by atoms with Crippen LogP contribution in [0.15, 0.2) is 12.0 Å². The molecule has 0 aromatic rings. The molecule has 0 aliphatic carbocycles. The molecule has 0 amide bonds. The molecule has 0 bridgehead atoms. The molecule has 0 saturated heterocycles. The second kappa shape index (κ2) is 10.8. The van der Waals surface area contributed by atoms with Crippen LogP contribution in [0.1, 0.15) is 0 Å². The SMILES string of the molecule is O=C(O/C(=C/COC(=O)C(F)(F)S(=O)(=O)[O-])OC(=O)C(F)(F)S(=O)(=O)[O-])C(F)(F)SOO[O-]. The summed E-state index contributed by atoms with van der Waals surface area (Å²) in [7, 11) is -13.5. The molecule has 0 rings (SSSR count). The van der Waals surface area contributed by atoms with Crippen LogP contribution in [-0.2, 0) is 58.2 Å². The van der Waals surface area contributed by atoms with Crippen LogP contribution in [0.2, 0.25) is 0 Å². The van der Waals surface area contributed by atoms with Gasteiger partial charge in [-0.2, -0.15) is 30.7 Å². The predicted molar refractivity (Wildman–Crippen MR) is 75.2 cm³/mol. The van der Waals surface area contributed by atoms with Crippen LogP contribution >= 0.6 is 12.0 Å². The van der Waals surface area contributed by atoms with Crippen molar-refractivity contribution in [1.29, 1.82) is 0 Å². The van der Waals surface area contributed by atoms with E-state index < -0.39 is 84.6 Å². The zero-order valence-corrected chi connectivity index (χ0v) is 16.9. The molecular weight excluding hydrogens is 558 g/mol. The number of carbonyl (C=O) groups excluding carboxylic acids is 3. The summed E-state index contributed by atoms with van der Waals surface area (Å²) in [5.74, 6) is -11.8. The molecule has 33 heavy (non-hydrogen) atoms. The number of halogens is 6. The fourth-order valence-corrected chi connectivity index (χ4v) is 1.70. The van der Waals surface area contributed by atoms with E-state index in [0.29, 0.717) is 0 Å². The summed E-state index contributed by atoms with van der Waals surface area (Å²) in [6.45, 7) is -1.89. The van der Waals surface area contributed by atoms with Crippen molar-refractivity contribution in [3.8, 4) is 0 Å². The Bertz CT molecular complexity index is 1000. The quantitative estimate of drug-likeness (QED) is 0.0486. The summed E-state index contributed by atoms with van der Waals surface area (Å²) in [6, 6.07) is 0. The van der Waals surface area contributed by atoms with Crippen molar-refractivity contribution in [1.82, 2.24) is 0 Å². The molecule has 0 saturated carbocycles. The van der Waals surface area contributed by atoms with E-state index in [1.165, 1.54) is 0 Å². The van der Waals surface area contributed by atoms with Gasteiger partial charge in [-0.3, -0.25) is 5.04 Å². The third kappa shape index (κ3) is 8.25. The monoisotopic (exact) mass is 561 g/mol. The van der Waals surface area contributed by atoms with Gasteiger partial charge in [-0.25, -0.2) is 31.2 Å². The summed E-state index contributed by atoms with van der Waals surface area (Å²) < 4.78 is 154. The van der Waals surface area contributed by atoms with Crippen molar-refractivity contribution in [3.05, 3.63) is 12.0 Å². The number of hydrogen-bond donors (Lipinski definition) is 0. The molecule has 15 nitrogen and oxygen atoms in total.